The van der Waals surface area contributed by atoms with E-state index in [1.807, 2.05) is 0 Å². The maximum atomic E-state index is 11.3. The highest BCUT2D eigenvalue weighted by Gasteiger charge is 2.12. The minimum absolute atomic E-state index is 0.247. The third-order valence-corrected chi connectivity index (χ3v) is 2.25. The van der Waals surface area contributed by atoms with E-state index in [-0.39, 0.29) is 10.6 Å². The predicted molar refractivity (Wildman–Crippen MR) is 57.2 cm³/mol. The van der Waals surface area contributed by atoms with E-state index in [1.165, 1.54) is 13.2 Å². The van der Waals surface area contributed by atoms with Gasteiger partial charge in [0, 0.05) is 5.69 Å². The Labute approximate surface area is 92.2 Å². The van der Waals surface area contributed by atoms with Crippen LogP contribution in [-0.2, 0) is 9.53 Å². The number of halogens is 1. The average molecular weight is 228 g/mol. The number of methoxy groups -OCH3 is 1. The van der Waals surface area contributed by atoms with Gasteiger partial charge < -0.3 is 10.1 Å². The summed E-state index contributed by atoms with van der Waals surface area (Å²) in [4.78, 5) is 21.5. The van der Waals surface area contributed by atoms with Gasteiger partial charge in [0.25, 0.3) is 0 Å². The summed E-state index contributed by atoms with van der Waals surface area (Å²) in [6, 6.07) is 3.08. The predicted octanol–water partition coefficient (Wildman–Crippen LogP) is 2.00. The van der Waals surface area contributed by atoms with E-state index in [4.69, 9.17) is 11.6 Å². The molecule has 0 heterocycles. The zero-order chi connectivity index (χ0) is 11.4. The summed E-state index contributed by atoms with van der Waals surface area (Å²) in [5, 5.41) is 2.73. The van der Waals surface area contributed by atoms with Crippen molar-refractivity contribution in [1.29, 1.82) is 0 Å². The van der Waals surface area contributed by atoms with E-state index >= 15 is 0 Å². The fourth-order valence-corrected chi connectivity index (χ4v) is 1.41. The van der Waals surface area contributed by atoms with Crippen LogP contribution in [0.25, 0.3) is 0 Å². The van der Waals surface area contributed by atoms with E-state index in [9.17, 15) is 9.59 Å². The van der Waals surface area contributed by atoms with Crippen LogP contribution in [-0.4, -0.2) is 19.5 Å². The van der Waals surface area contributed by atoms with Gasteiger partial charge in [-0.25, -0.2) is 4.79 Å². The van der Waals surface area contributed by atoms with Gasteiger partial charge in [-0.3, -0.25) is 4.79 Å². The lowest BCUT2D eigenvalue weighted by molar-refractivity contribution is -0.105. The second kappa shape index (κ2) is 4.79. The van der Waals surface area contributed by atoms with E-state index in [0.717, 1.165) is 5.56 Å². The van der Waals surface area contributed by atoms with Crippen LogP contribution in [0.3, 0.4) is 0 Å². The lowest BCUT2D eigenvalue weighted by atomic mass is 10.1. The molecule has 0 atom stereocenters. The lowest BCUT2D eigenvalue weighted by Gasteiger charge is -2.08. The molecule has 0 aromatic heterocycles. The molecule has 5 heteroatoms. The number of esters is 1. The Bertz CT molecular complexity index is 404. The summed E-state index contributed by atoms with van der Waals surface area (Å²) >= 11 is 5.85. The van der Waals surface area contributed by atoms with Crippen molar-refractivity contribution in [2.24, 2.45) is 0 Å². The maximum absolute atomic E-state index is 11.3. The highest BCUT2D eigenvalue weighted by atomic mass is 35.5. The molecular formula is C10H10ClNO3. The molecule has 0 bridgehead atoms. The van der Waals surface area contributed by atoms with Crippen LogP contribution in [0.2, 0.25) is 5.02 Å². The summed E-state index contributed by atoms with van der Waals surface area (Å²) in [5.41, 5.74) is 1.60. The van der Waals surface area contributed by atoms with Crippen molar-refractivity contribution in [3.05, 3.63) is 28.3 Å². The van der Waals surface area contributed by atoms with Crippen molar-refractivity contribution in [3.63, 3.8) is 0 Å². The molecule has 0 saturated carbocycles. The molecule has 0 fully saturated rings. The number of hydrogen-bond donors (Lipinski definition) is 1. The van der Waals surface area contributed by atoms with Gasteiger partial charge >= 0.3 is 5.97 Å². The molecule has 0 radical (unpaired) electrons. The van der Waals surface area contributed by atoms with Crippen molar-refractivity contribution < 1.29 is 14.3 Å². The van der Waals surface area contributed by atoms with Gasteiger partial charge in [-0.2, -0.15) is 0 Å². The van der Waals surface area contributed by atoms with Crippen molar-refractivity contribution in [3.8, 4) is 0 Å². The fourth-order valence-electron chi connectivity index (χ4n) is 1.17. The molecule has 1 rings (SSSR count). The number of benzene rings is 1. The Balaban J connectivity index is 3.18. The number of aryl methyl sites for hydroxylation is 1. The lowest BCUT2D eigenvalue weighted by Crippen LogP contribution is -2.04. The van der Waals surface area contributed by atoms with E-state index < -0.39 is 5.97 Å². The summed E-state index contributed by atoms with van der Waals surface area (Å²) < 4.78 is 4.56. The summed E-state index contributed by atoms with van der Waals surface area (Å²) in [7, 11) is 1.28. The number of ether oxygens (including phenoxy) is 1. The third kappa shape index (κ3) is 2.47. The highest BCUT2D eigenvalue weighted by molar-refractivity contribution is 6.34. The Morgan fingerprint density at radius 3 is 2.73 bits per heavy atom. The first-order chi connectivity index (χ1) is 7.10. The summed E-state index contributed by atoms with van der Waals surface area (Å²) in [5.74, 6) is -0.499. The highest BCUT2D eigenvalue weighted by Crippen LogP contribution is 2.25. The van der Waals surface area contributed by atoms with Crippen LogP contribution in [0.5, 0.6) is 0 Å². The quantitative estimate of drug-likeness (QED) is 0.635. The minimum Gasteiger partial charge on any atom is -0.465 e. The van der Waals surface area contributed by atoms with Crippen LogP contribution in [0.1, 0.15) is 15.9 Å². The van der Waals surface area contributed by atoms with Crippen molar-refractivity contribution in [2.45, 2.75) is 6.92 Å². The topological polar surface area (TPSA) is 55.4 Å². The number of nitrogens with one attached hydrogen (secondary N) is 1. The number of hydrogen-bond acceptors (Lipinski definition) is 3. The van der Waals surface area contributed by atoms with Gasteiger partial charge in [0.2, 0.25) is 6.41 Å². The standard InChI is InChI=1S/C10H10ClNO3/c1-6-3-7(10(14)15-2)8(11)4-9(6)12-5-13/h3-5H,1-2H3,(H,12,13). The molecule has 0 aliphatic rings. The molecule has 1 aromatic rings. The molecule has 0 aliphatic heterocycles. The monoisotopic (exact) mass is 227 g/mol. The van der Waals surface area contributed by atoms with Gasteiger partial charge in [0.1, 0.15) is 0 Å². The number of carbonyl (C=O) groups is 2. The average Bonchev–Trinajstić information content (AvgIpc) is 2.22. The van der Waals surface area contributed by atoms with E-state index in [2.05, 4.69) is 10.1 Å². The zero-order valence-corrected chi connectivity index (χ0v) is 9.09. The van der Waals surface area contributed by atoms with Gasteiger partial charge in [0.05, 0.1) is 17.7 Å². The third-order valence-electron chi connectivity index (χ3n) is 1.93. The van der Waals surface area contributed by atoms with Gasteiger partial charge in [-0.1, -0.05) is 11.6 Å². The van der Waals surface area contributed by atoms with Gasteiger partial charge in [-0.15, -0.1) is 0 Å². The zero-order valence-electron chi connectivity index (χ0n) is 8.33. The second-order valence-corrected chi connectivity index (χ2v) is 3.31. The Hall–Kier alpha value is -1.55. The first kappa shape index (κ1) is 11.5. The minimum atomic E-state index is -0.499. The van der Waals surface area contributed by atoms with Crippen molar-refractivity contribution in [1.82, 2.24) is 0 Å². The van der Waals surface area contributed by atoms with Crippen LogP contribution < -0.4 is 5.32 Å². The SMILES string of the molecule is COC(=O)c1cc(C)c(NC=O)cc1Cl. The van der Waals surface area contributed by atoms with E-state index in [1.54, 1.807) is 13.0 Å². The maximum Gasteiger partial charge on any atom is 0.339 e. The number of amides is 1. The molecule has 4 nitrogen and oxygen atoms in total. The van der Waals surface area contributed by atoms with Crippen LogP contribution in [0, 0.1) is 6.92 Å². The Kier molecular flexibility index (Phi) is 3.68. The molecule has 1 aromatic carbocycles. The number of anilines is 1. The van der Waals surface area contributed by atoms with Crippen molar-refractivity contribution in [2.75, 3.05) is 12.4 Å². The van der Waals surface area contributed by atoms with Gasteiger partial charge in [-0.05, 0) is 24.6 Å². The van der Waals surface area contributed by atoms with Crippen LogP contribution in [0.4, 0.5) is 5.69 Å². The van der Waals surface area contributed by atoms with Gasteiger partial charge in [0.15, 0.2) is 0 Å². The first-order valence-electron chi connectivity index (χ1n) is 4.18. The van der Waals surface area contributed by atoms with Crippen LogP contribution in [0.15, 0.2) is 12.1 Å². The fraction of sp³-hybridized carbons (Fsp3) is 0.200. The largest absolute Gasteiger partial charge is 0.465 e. The summed E-state index contributed by atoms with van der Waals surface area (Å²) in [6.07, 6.45) is 0.552. The molecule has 0 spiro atoms. The molecular weight excluding hydrogens is 218 g/mol. The first-order valence-corrected chi connectivity index (χ1v) is 4.56. The number of rotatable bonds is 3. The normalized spacial score (nSPS) is 9.53. The van der Waals surface area contributed by atoms with E-state index in [0.29, 0.717) is 12.1 Å². The molecule has 1 amide bonds. The molecule has 0 aliphatic carbocycles. The number of carbonyl (C=O) groups excluding carboxylic acids is 2. The molecule has 0 unspecified atom stereocenters. The second-order valence-electron chi connectivity index (χ2n) is 2.90. The Morgan fingerprint density at radius 1 is 1.53 bits per heavy atom. The van der Waals surface area contributed by atoms with Crippen molar-refractivity contribution >= 4 is 29.7 Å². The molecule has 80 valence electrons. The smallest absolute Gasteiger partial charge is 0.339 e. The summed E-state index contributed by atoms with van der Waals surface area (Å²) in [6.45, 7) is 1.76. The molecule has 15 heavy (non-hydrogen) atoms. The molecule has 1 N–H and O–H groups in total. The van der Waals surface area contributed by atoms with Crippen LogP contribution >= 0.6 is 11.6 Å². The molecule has 0 saturated heterocycles. The Morgan fingerprint density at radius 2 is 2.20 bits per heavy atom.